The Bertz CT molecular complexity index is 804. The summed E-state index contributed by atoms with van der Waals surface area (Å²) >= 11 is 0. The third kappa shape index (κ3) is 5.69. The maximum absolute atomic E-state index is 12.3. The monoisotopic (exact) mass is 397 g/mol. The molecule has 1 saturated heterocycles. The molecule has 0 radical (unpaired) electrons. The van der Waals surface area contributed by atoms with Crippen molar-refractivity contribution in [2.75, 3.05) is 32.7 Å². The summed E-state index contributed by atoms with van der Waals surface area (Å²) in [5, 5.41) is 1.15. The van der Waals surface area contributed by atoms with Crippen LogP contribution >= 0.6 is 0 Å². The molecule has 0 aliphatic carbocycles. The van der Waals surface area contributed by atoms with Crippen LogP contribution in [0.1, 0.15) is 52.0 Å². The lowest BCUT2D eigenvalue weighted by molar-refractivity contribution is -0.131. The lowest BCUT2D eigenvalue weighted by Crippen LogP contribution is -2.34. The van der Waals surface area contributed by atoms with E-state index in [4.69, 9.17) is 4.74 Å². The van der Waals surface area contributed by atoms with Crippen molar-refractivity contribution >= 4 is 16.8 Å². The van der Waals surface area contributed by atoms with Crippen molar-refractivity contribution in [2.24, 2.45) is 0 Å². The summed E-state index contributed by atoms with van der Waals surface area (Å²) in [5.41, 5.74) is 2.27. The number of carbonyl (C=O) groups is 1. The maximum Gasteiger partial charge on any atom is 0.223 e. The second-order valence-corrected chi connectivity index (χ2v) is 7.92. The molecule has 0 saturated carbocycles. The van der Waals surface area contributed by atoms with E-state index in [0.29, 0.717) is 6.42 Å². The van der Waals surface area contributed by atoms with Gasteiger partial charge in [-0.3, -0.25) is 14.7 Å². The van der Waals surface area contributed by atoms with Crippen molar-refractivity contribution in [3.8, 4) is 5.75 Å². The molecule has 5 nitrogen and oxygen atoms in total. The third-order valence-electron chi connectivity index (χ3n) is 5.83. The summed E-state index contributed by atoms with van der Waals surface area (Å²) < 4.78 is 6.44. The first-order chi connectivity index (χ1) is 14.1. The van der Waals surface area contributed by atoms with E-state index in [0.717, 1.165) is 62.2 Å². The Labute approximate surface area is 175 Å². The predicted octanol–water partition coefficient (Wildman–Crippen LogP) is 4.29. The zero-order valence-electron chi connectivity index (χ0n) is 18.2. The number of aromatic nitrogens is 1. The summed E-state index contributed by atoms with van der Waals surface area (Å²) in [6, 6.07) is 8.52. The highest BCUT2D eigenvalue weighted by atomic mass is 16.5. The highest BCUT2D eigenvalue weighted by Crippen LogP contribution is 2.29. The number of likely N-dealkylation sites (tertiary alicyclic amines) is 1. The fraction of sp³-hybridized carbons (Fsp3) is 0.583. The minimum Gasteiger partial charge on any atom is -0.487 e. The number of unbranched alkanes of at least 4 members (excludes halogenated alkanes) is 1. The number of fused-ring (bicyclic) bond motifs is 1. The number of carbonyl (C=O) groups excluding carboxylic acids is 1. The van der Waals surface area contributed by atoms with Crippen molar-refractivity contribution < 1.29 is 9.53 Å². The molecule has 0 unspecified atom stereocenters. The summed E-state index contributed by atoms with van der Waals surface area (Å²) in [4.78, 5) is 21.1. The van der Waals surface area contributed by atoms with E-state index in [1.165, 1.54) is 18.4 Å². The Morgan fingerprint density at radius 1 is 1.28 bits per heavy atom. The predicted molar refractivity (Wildman–Crippen MR) is 118 cm³/mol. The van der Waals surface area contributed by atoms with Gasteiger partial charge in [-0.15, -0.1) is 0 Å². The van der Waals surface area contributed by atoms with Crippen molar-refractivity contribution in [2.45, 2.75) is 59.0 Å². The van der Waals surface area contributed by atoms with Crippen molar-refractivity contribution in [1.82, 2.24) is 14.8 Å². The van der Waals surface area contributed by atoms with Crippen LogP contribution in [0.5, 0.6) is 5.75 Å². The Hall–Kier alpha value is -2.14. The number of nitrogens with zero attached hydrogens (tertiary/aromatic N) is 3. The first kappa shape index (κ1) is 21.6. The molecule has 5 heteroatoms. The fourth-order valence-corrected chi connectivity index (χ4v) is 4.10. The summed E-state index contributed by atoms with van der Waals surface area (Å²) in [6.45, 7) is 10.5. The number of benzene rings is 1. The molecular formula is C24H35N3O2. The van der Waals surface area contributed by atoms with Crippen LogP contribution in [0.15, 0.2) is 30.5 Å². The molecule has 1 amide bonds. The highest BCUT2D eigenvalue weighted by molar-refractivity contribution is 5.85. The van der Waals surface area contributed by atoms with Gasteiger partial charge < -0.3 is 9.64 Å². The number of pyridine rings is 1. The standard InChI is InChI=1S/C24H35N3O2/c1-4-7-9-19-16-20-10-8-13-25-24(20)22(17-19)29-21-11-14-26(18-21)15-12-23(28)27(5-2)6-3/h8,10,13,16-17,21H,4-7,9,11-12,14-15,18H2,1-3H3/t21-/m0/s1. The molecule has 1 aliphatic heterocycles. The smallest absolute Gasteiger partial charge is 0.223 e. The molecule has 1 atom stereocenters. The number of aryl methyl sites for hydroxylation is 1. The summed E-state index contributed by atoms with van der Waals surface area (Å²) in [5.74, 6) is 1.15. The number of amides is 1. The second-order valence-electron chi connectivity index (χ2n) is 7.92. The van der Waals surface area contributed by atoms with Gasteiger partial charge in [0.1, 0.15) is 17.4 Å². The minimum atomic E-state index is 0.158. The molecule has 158 valence electrons. The molecule has 0 spiro atoms. The van der Waals surface area contributed by atoms with Gasteiger partial charge in [0, 0.05) is 50.7 Å². The van der Waals surface area contributed by atoms with Crippen molar-refractivity contribution in [1.29, 1.82) is 0 Å². The summed E-state index contributed by atoms with van der Waals surface area (Å²) in [7, 11) is 0. The third-order valence-corrected chi connectivity index (χ3v) is 5.83. The Morgan fingerprint density at radius 2 is 2.10 bits per heavy atom. The van der Waals surface area contributed by atoms with Crippen LogP contribution in [0.2, 0.25) is 0 Å². The maximum atomic E-state index is 12.3. The quantitative estimate of drug-likeness (QED) is 0.600. The van der Waals surface area contributed by atoms with Gasteiger partial charge in [-0.2, -0.15) is 0 Å². The Morgan fingerprint density at radius 3 is 2.86 bits per heavy atom. The van der Waals surface area contributed by atoms with Gasteiger partial charge in [0.05, 0.1) is 0 Å². The van der Waals surface area contributed by atoms with E-state index in [-0.39, 0.29) is 12.0 Å². The average Bonchev–Trinajstić information content (AvgIpc) is 3.19. The van der Waals surface area contributed by atoms with Gasteiger partial charge in [-0.25, -0.2) is 0 Å². The number of hydrogen-bond donors (Lipinski definition) is 0. The lowest BCUT2D eigenvalue weighted by atomic mass is 10.0. The van der Waals surface area contributed by atoms with E-state index in [9.17, 15) is 4.79 Å². The van der Waals surface area contributed by atoms with Gasteiger partial charge in [0.25, 0.3) is 0 Å². The van der Waals surface area contributed by atoms with Crippen LogP contribution in [-0.2, 0) is 11.2 Å². The number of rotatable bonds is 10. The van der Waals surface area contributed by atoms with E-state index < -0.39 is 0 Å². The van der Waals surface area contributed by atoms with Crippen LogP contribution in [0.3, 0.4) is 0 Å². The number of hydrogen-bond acceptors (Lipinski definition) is 4. The molecule has 2 heterocycles. The van der Waals surface area contributed by atoms with Gasteiger partial charge in [0.15, 0.2) is 0 Å². The minimum absolute atomic E-state index is 0.158. The average molecular weight is 398 g/mol. The SMILES string of the molecule is CCCCc1cc(O[C@H]2CCN(CCC(=O)N(CC)CC)C2)c2ncccc2c1. The van der Waals surface area contributed by atoms with Crippen LogP contribution in [0, 0.1) is 0 Å². The molecule has 1 fully saturated rings. The molecule has 1 aromatic carbocycles. The normalized spacial score (nSPS) is 17.0. The first-order valence-corrected chi connectivity index (χ1v) is 11.2. The first-order valence-electron chi connectivity index (χ1n) is 11.2. The molecule has 0 N–H and O–H groups in total. The van der Waals surface area contributed by atoms with Crippen LogP contribution in [0.4, 0.5) is 0 Å². The zero-order chi connectivity index (χ0) is 20.6. The molecule has 3 rings (SSSR count). The Kier molecular flexibility index (Phi) is 7.87. The molecule has 0 bridgehead atoms. The van der Waals surface area contributed by atoms with E-state index in [2.05, 4.69) is 35.0 Å². The molecule has 1 aromatic heterocycles. The van der Waals surface area contributed by atoms with Crippen LogP contribution in [-0.4, -0.2) is 59.5 Å². The van der Waals surface area contributed by atoms with Crippen LogP contribution in [0.25, 0.3) is 10.9 Å². The topological polar surface area (TPSA) is 45.7 Å². The number of ether oxygens (including phenoxy) is 1. The molecule has 2 aromatic rings. The highest BCUT2D eigenvalue weighted by Gasteiger charge is 2.25. The van der Waals surface area contributed by atoms with E-state index in [1.807, 2.05) is 31.0 Å². The van der Waals surface area contributed by atoms with Crippen molar-refractivity contribution in [3.63, 3.8) is 0 Å². The van der Waals surface area contributed by atoms with E-state index >= 15 is 0 Å². The lowest BCUT2D eigenvalue weighted by Gasteiger charge is -2.21. The molecule has 1 aliphatic rings. The van der Waals surface area contributed by atoms with Crippen LogP contribution < -0.4 is 4.74 Å². The fourth-order valence-electron chi connectivity index (χ4n) is 4.10. The molecule has 29 heavy (non-hydrogen) atoms. The second kappa shape index (κ2) is 10.6. The van der Waals surface area contributed by atoms with Gasteiger partial charge in [0.2, 0.25) is 5.91 Å². The van der Waals surface area contributed by atoms with Crippen molar-refractivity contribution in [3.05, 3.63) is 36.0 Å². The Balaban J connectivity index is 1.62. The largest absolute Gasteiger partial charge is 0.487 e. The molecular weight excluding hydrogens is 362 g/mol. The summed E-state index contributed by atoms with van der Waals surface area (Å²) in [6.07, 6.45) is 7.01. The van der Waals surface area contributed by atoms with Gasteiger partial charge in [-0.1, -0.05) is 19.4 Å². The van der Waals surface area contributed by atoms with Gasteiger partial charge in [-0.05, 0) is 56.9 Å². The van der Waals surface area contributed by atoms with E-state index in [1.54, 1.807) is 0 Å². The van der Waals surface area contributed by atoms with Gasteiger partial charge >= 0.3 is 0 Å². The zero-order valence-corrected chi connectivity index (χ0v) is 18.2.